The van der Waals surface area contributed by atoms with Crippen molar-refractivity contribution in [3.8, 4) is 28.8 Å². The zero-order chi connectivity index (χ0) is 28.0. The molecular weight excluding hydrogens is 533 g/mol. The Morgan fingerprint density at radius 3 is 2.65 bits per heavy atom. The molecule has 4 heterocycles. The molecule has 2 aromatic carbocycles. The lowest BCUT2D eigenvalue weighted by molar-refractivity contribution is 0.206. The largest absolute Gasteiger partial charge is 0.439 e. The van der Waals surface area contributed by atoms with Crippen molar-refractivity contribution in [1.82, 2.24) is 29.0 Å². The van der Waals surface area contributed by atoms with E-state index in [1.165, 1.54) is 23.0 Å². The Morgan fingerprint density at radius 1 is 1.12 bits per heavy atom. The van der Waals surface area contributed by atoms with Crippen molar-refractivity contribution in [2.75, 3.05) is 19.6 Å². The summed E-state index contributed by atoms with van der Waals surface area (Å²) >= 11 is 6.63. The van der Waals surface area contributed by atoms with E-state index in [-0.39, 0.29) is 22.5 Å². The van der Waals surface area contributed by atoms with Gasteiger partial charge in [-0.3, -0.25) is 14.7 Å². The first-order valence-corrected chi connectivity index (χ1v) is 13.3. The molecule has 11 heteroatoms. The average Bonchev–Trinajstić information content (AvgIpc) is 3.27. The monoisotopic (exact) mass is 557 g/mol. The van der Waals surface area contributed by atoms with Crippen LogP contribution in [-0.4, -0.2) is 48.6 Å². The number of hydrogen-bond donors (Lipinski definition) is 0. The zero-order valence-electron chi connectivity index (χ0n) is 21.9. The van der Waals surface area contributed by atoms with Crippen LogP contribution in [0.2, 0.25) is 5.02 Å². The quantitative estimate of drug-likeness (QED) is 0.267. The van der Waals surface area contributed by atoms with E-state index in [4.69, 9.17) is 26.6 Å². The van der Waals surface area contributed by atoms with Crippen LogP contribution < -0.4 is 10.3 Å². The lowest BCUT2D eigenvalue weighted by Gasteiger charge is -2.32. The SMILES string of the molecule is Cc1nc2cnc3cc(F)c(-c4ccc(Oc5cc(=O)n(C)cn5)cc4Cl)cc3c2n1C1CCN(CC#N)CC1. The molecule has 1 aliphatic heterocycles. The second-order valence-corrected chi connectivity index (χ2v) is 10.4. The van der Waals surface area contributed by atoms with Gasteiger partial charge in [-0.15, -0.1) is 0 Å². The van der Waals surface area contributed by atoms with Gasteiger partial charge in [0.1, 0.15) is 29.2 Å². The van der Waals surface area contributed by atoms with Crippen LogP contribution in [0.15, 0.2) is 53.7 Å². The Labute approximate surface area is 234 Å². The first-order valence-electron chi connectivity index (χ1n) is 12.9. The van der Waals surface area contributed by atoms with Gasteiger partial charge in [0.05, 0.1) is 40.9 Å². The third-order valence-corrected chi connectivity index (χ3v) is 7.72. The highest BCUT2D eigenvalue weighted by Gasteiger charge is 2.25. The zero-order valence-corrected chi connectivity index (χ0v) is 22.7. The molecule has 0 saturated carbocycles. The summed E-state index contributed by atoms with van der Waals surface area (Å²) < 4.78 is 24.7. The number of aryl methyl sites for hydroxylation is 2. The summed E-state index contributed by atoms with van der Waals surface area (Å²) in [4.78, 5) is 27.4. The standard InChI is InChI=1S/C29H25ClFN7O2/c1-17-35-26-15-33-25-13-24(31)21(12-22(25)29(26)38(17)18-5-8-37(9-6-18)10-7-32)20-4-3-19(11-23(20)30)40-27-14-28(39)36(2)16-34-27/h3-4,11-16,18H,5-6,8-10H2,1-2H3. The lowest BCUT2D eigenvalue weighted by atomic mass is 10.0. The van der Waals surface area contributed by atoms with Gasteiger partial charge < -0.3 is 13.9 Å². The van der Waals surface area contributed by atoms with Crippen molar-refractivity contribution >= 4 is 33.5 Å². The number of hydrogen-bond acceptors (Lipinski definition) is 7. The maximum atomic E-state index is 15.5. The van der Waals surface area contributed by atoms with Crippen molar-refractivity contribution in [2.24, 2.45) is 7.05 Å². The van der Waals surface area contributed by atoms with Gasteiger partial charge in [0, 0.05) is 54.8 Å². The first kappa shape index (κ1) is 25.9. The van der Waals surface area contributed by atoms with E-state index in [1.54, 1.807) is 37.5 Å². The Bertz CT molecular complexity index is 1870. The number of ether oxygens (including phenoxy) is 1. The molecule has 40 heavy (non-hydrogen) atoms. The number of piperidine rings is 1. The van der Waals surface area contributed by atoms with Gasteiger partial charge in [-0.05, 0) is 38.0 Å². The molecule has 0 bridgehead atoms. The van der Waals surface area contributed by atoms with Crippen LogP contribution in [0.3, 0.4) is 0 Å². The van der Waals surface area contributed by atoms with Crippen molar-refractivity contribution in [3.63, 3.8) is 0 Å². The van der Waals surface area contributed by atoms with Crippen LogP contribution in [0, 0.1) is 24.1 Å². The second kappa shape index (κ2) is 10.3. The highest BCUT2D eigenvalue weighted by Crippen LogP contribution is 2.38. The molecule has 0 amide bonds. The summed E-state index contributed by atoms with van der Waals surface area (Å²) in [5.74, 6) is 0.934. The maximum absolute atomic E-state index is 15.5. The third-order valence-electron chi connectivity index (χ3n) is 7.40. The molecule has 0 unspecified atom stereocenters. The summed E-state index contributed by atoms with van der Waals surface area (Å²) in [7, 11) is 1.60. The number of benzene rings is 2. The molecule has 1 saturated heterocycles. The van der Waals surface area contributed by atoms with Crippen LogP contribution in [0.4, 0.5) is 4.39 Å². The van der Waals surface area contributed by atoms with Crippen LogP contribution in [0.5, 0.6) is 11.6 Å². The van der Waals surface area contributed by atoms with Crippen LogP contribution >= 0.6 is 11.6 Å². The Morgan fingerprint density at radius 2 is 1.93 bits per heavy atom. The van der Waals surface area contributed by atoms with Gasteiger partial charge >= 0.3 is 0 Å². The number of nitriles is 1. The summed E-state index contributed by atoms with van der Waals surface area (Å²) in [6, 6.07) is 11.8. The molecule has 0 aliphatic carbocycles. The smallest absolute Gasteiger partial charge is 0.256 e. The number of imidazole rings is 1. The Hall–Kier alpha value is -4.33. The van der Waals surface area contributed by atoms with E-state index in [9.17, 15) is 4.79 Å². The van der Waals surface area contributed by atoms with Gasteiger partial charge in [-0.2, -0.15) is 5.26 Å². The van der Waals surface area contributed by atoms with Crippen molar-refractivity contribution < 1.29 is 9.13 Å². The minimum Gasteiger partial charge on any atom is -0.439 e. The number of fused-ring (bicyclic) bond motifs is 3. The molecule has 1 fully saturated rings. The summed E-state index contributed by atoms with van der Waals surface area (Å²) in [6.07, 6.45) is 4.84. The predicted octanol–water partition coefficient (Wildman–Crippen LogP) is 5.40. The van der Waals surface area contributed by atoms with E-state index < -0.39 is 5.82 Å². The molecule has 0 N–H and O–H groups in total. The van der Waals surface area contributed by atoms with Crippen LogP contribution in [0.1, 0.15) is 24.7 Å². The lowest BCUT2D eigenvalue weighted by Crippen LogP contribution is -2.35. The number of pyridine rings is 1. The topological polar surface area (TPSA) is 102 Å². The van der Waals surface area contributed by atoms with Gasteiger partial charge in [-0.1, -0.05) is 11.6 Å². The molecule has 6 rings (SSSR count). The molecule has 1 aliphatic rings. The fourth-order valence-electron chi connectivity index (χ4n) is 5.40. The number of likely N-dealkylation sites (tertiary alicyclic amines) is 1. The molecule has 0 atom stereocenters. The minimum atomic E-state index is -0.448. The van der Waals surface area contributed by atoms with Gasteiger partial charge in [-0.25, -0.2) is 14.4 Å². The fraction of sp³-hybridized carbons (Fsp3) is 0.276. The van der Waals surface area contributed by atoms with E-state index in [2.05, 4.69) is 25.5 Å². The highest BCUT2D eigenvalue weighted by atomic mass is 35.5. The minimum absolute atomic E-state index is 0.138. The molecule has 0 spiro atoms. The van der Waals surface area contributed by atoms with Gasteiger partial charge in [0.25, 0.3) is 5.56 Å². The van der Waals surface area contributed by atoms with E-state index in [0.29, 0.717) is 28.9 Å². The summed E-state index contributed by atoms with van der Waals surface area (Å²) in [5, 5.41) is 10.1. The molecular formula is C29H25ClFN7O2. The normalized spacial score (nSPS) is 14.6. The van der Waals surface area contributed by atoms with Crippen molar-refractivity contribution in [3.05, 3.63) is 75.9 Å². The van der Waals surface area contributed by atoms with E-state index in [1.807, 2.05) is 6.92 Å². The second-order valence-electron chi connectivity index (χ2n) is 9.96. The number of halogens is 2. The third kappa shape index (κ3) is 4.68. The molecule has 0 radical (unpaired) electrons. The van der Waals surface area contributed by atoms with Crippen molar-refractivity contribution in [1.29, 1.82) is 5.26 Å². The predicted molar refractivity (Wildman–Crippen MR) is 150 cm³/mol. The van der Waals surface area contributed by atoms with E-state index in [0.717, 1.165) is 48.2 Å². The Balaban J connectivity index is 1.40. The van der Waals surface area contributed by atoms with Crippen LogP contribution in [-0.2, 0) is 7.05 Å². The van der Waals surface area contributed by atoms with Gasteiger partial charge in [0.15, 0.2) is 0 Å². The maximum Gasteiger partial charge on any atom is 0.256 e. The first-order chi connectivity index (χ1) is 19.3. The molecule has 3 aromatic heterocycles. The molecule has 5 aromatic rings. The fourth-order valence-corrected chi connectivity index (χ4v) is 5.67. The number of aromatic nitrogens is 5. The molecule has 9 nitrogen and oxygen atoms in total. The summed E-state index contributed by atoms with van der Waals surface area (Å²) in [5.41, 5.74) is 2.76. The van der Waals surface area contributed by atoms with E-state index >= 15 is 4.39 Å². The Kier molecular flexibility index (Phi) is 6.70. The number of nitrogens with zero attached hydrogens (tertiary/aromatic N) is 7. The van der Waals surface area contributed by atoms with Crippen LogP contribution in [0.25, 0.3) is 33.1 Å². The number of rotatable bonds is 5. The average molecular weight is 558 g/mol. The van der Waals surface area contributed by atoms with Gasteiger partial charge in [0.2, 0.25) is 5.88 Å². The molecule has 202 valence electrons. The highest BCUT2D eigenvalue weighted by molar-refractivity contribution is 6.33. The van der Waals surface area contributed by atoms with Crippen molar-refractivity contribution in [2.45, 2.75) is 25.8 Å². The summed E-state index contributed by atoms with van der Waals surface area (Å²) in [6.45, 7) is 4.07.